The average Bonchev–Trinajstić information content (AvgIpc) is 2.63. The molecule has 2 aromatic rings. The zero-order valence-electron chi connectivity index (χ0n) is 13.5. The van der Waals surface area contributed by atoms with Crippen LogP contribution in [0.4, 0.5) is 10.1 Å². The molecule has 0 unspecified atom stereocenters. The molecule has 0 radical (unpaired) electrons. The summed E-state index contributed by atoms with van der Waals surface area (Å²) in [7, 11) is 0. The second-order valence-electron chi connectivity index (χ2n) is 5.80. The van der Waals surface area contributed by atoms with Gasteiger partial charge in [-0.15, -0.1) is 0 Å². The first kappa shape index (κ1) is 16.4. The number of carbonyl (C=O) groups is 1. The molecule has 24 heavy (non-hydrogen) atoms. The molecule has 1 aliphatic rings. The molecule has 1 aromatic carbocycles. The molecule has 0 saturated carbocycles. The number of anilines is 1. The summed E-state index contributed by atoms with van der Waals surface area (Å²) in [5.41, 5.74) is 2.11. The van der Waals surface area contributed by atoms with Gasteiger partial charge in [-0.25, -0.2) is 4.39 Å². The van der Waals surface area contributed by atoms with E-state index in [0.29, 0.717) is 26.2 Å². The number of pyridine rings is 1. The number of benzene rings is 1. The lowest BCUT2D eigenvalue weighted by Crippen LogP contribution is -2.50. The van der Waals surface area contributed by atoms with Gasteiger partial charge in [0, 0.05) is 50.8 Å². The van der Waals surface area contributed by atoms with Gasteiger partial charge in [0.15, 0.2) is 0 Å². The minimum atomic E-state index is -0.229. The van der Waals surface area contributed by atoms with Crippen LogP contribution in [0.1, 0.15) is 5.56 Å². The van der Waals surface area contributed by atoms with Gasteiger partial charge in [0.25, 0.3) is 0 Å². The summed E-state index contributed by atoms with van der Waals surface area (Å²) in [5.74, 6) is -0.115. The van der Waals surface area contributed by atoms with Crippen molar-refractivity contribution in [2.24, 2.45) is 0 Å². The summed E-state index contributed by atoms with van der Waals surface area (Å²) < 4.78 is 13.0. The highest BCUT2D eigenvalue weighted by Gasteiger charge is 2.20. The fourth-order valence-electron chi connectivity index (χ4n) is 2.79. The molecule has 1 saturated heterocycles. The Morgan fingerprint density at radius 2 is 1.71 bits per heavy atom. The van der Waals surface area contributed by atoms with Crippen LogP contribution in [0.25, 0.3) is 0 Å². The standard InChI is InChI=1S/C18H21FN4O/c19-16-1-3-17(4-2-16)22-9-11-23(12-10-22)18(24)14-21-13-15-5-7-20-8-6-15/h1-8,21H,9-14H2. The Labute approximate surface area is 141 Å². The smallest absolute Gasteiger partial charge is 0.236 e. The number of amides is 1. The highest BCUT2D eigenvalue weighted by molar-refractivity contribution is 5.78. The molecule has 5 nitrogen and oxygen atoms in total. The molecule has 1 aliphatic heterocycles. The van der Waals surface area contributed by atoms with Crippen LogP contribution in [0, 0.1) is 5.82 Å². The number of hydrogen-bond donors (Lipinski definition) is 1. The van der Waals surface area contributed by atoms with Gasteiger partial charge in [-0.05, 0) is 42.0 Å². The number of halogens is 1. The summed E-state index contributed by atoms with van der Waals surface area (Å²) in [6.45, 7) is 3.90. The van der Waals surface area contributed by atoms with Crippen LogP contribution in [0.3, 0.4) is 0 Å². The maximum atomic E-state index is 13.0. The van der Waals surface area contributed by atoms with Crippen molar-refractivity contribution in [2.75, 3.05) is 37.6 Å². The zero-order chi connectivity index (χ0) is 16.8. The molecule has 0 aliphatic carbocycles. The largest absolute Gasteiger partial charge is 0.368 e. The third-order valence-corrected chi connectivity index (χ3v) is 4.18. The van der Waals surface area contributed by atoms with E-state index in [-0.39, 0.29) is 11.7 Å². The second-order valence-corrected chi connectivity index (χ2v) is 5.80. The molecule has 2 heterocycles. The van der Waals surface area contributed by atoms with Gasteiger partial charge in [-0.3, -0.25) is 9.78 Å². The number of nitrogens with one attached hydrogen (secondary N) is 1. The van der Waals surface area contributed by atoms with Crippen LogP contribution in [0.2, 0.25) is 0 Å². The molecular formula is C18H21FN4O. The summed E-state index contributed by atoms with van der Waals surface area (Å²) in [6, 6.07) is 10.4. The number of carbonyl (C=O) groups excluding carboxylic acids is 1. The highest BCUT2D eigenvalue weighted by Crippen LogP contribution is 2.16. The maximum Gasteiger partial charge on any atom is 0.236 e. The summed E-state index contributed by atoms with van der Waals surface area (Å²) in [4.78, 5) is 20.3. The van der Waals surface area contributed by atoms with Crippen LogP contribution in [-0.2, 0) is 11.3 Å². The van der Waals surface area contributed by atoms with E-state index in [1.165, 1.54) is 12.1 Å². The SMILES string of the molecule is O=C(CNCc1ccncc1)N1CCN(c2ccc(F)cc2)CC1. The third kappa shape index (κ3) is 4.29. The van der Waals surface area contributed by atoms with E-state index in [2.05, 4.69) is 15.2 Å². The van der Waals surface area contributed by atoms with Crippen molar-refractivity contribution in [2.45, 2.75) is 6.54 Å². The molecule has 1 amide bonds. The first-order valence-electron chi connectivity index (χ1n) is 8.10. The molecule has 1 aromatic heterocycles. The van der Waals surface area contributed by atoms with Crippen molar-refractivity contribution in [1.29, 1.82) is 0 Å². The van der Waals surface area contributed by atoms with E-state index in [1.807, 2.05) is 17.0 Å². The Morgan fingerprint density at radius 3 is 2.38 bits per heavy atom. The predicted molar refractivity (Wildman–Crippen MR) is 91.1 cm³/mol. The molecular weight excluding hydrogens is 307 g/mol. The van der Waals surface area contributed by atoms with Gasteiger partial charge in [-0.1, -0.05) is 0 Å². The van der Waals surface area contributed by atoms with E-state index in [4.69, 9.17) is 0 Å². The van der Waals surface area contributed by atoms with Gasteiger partial charge in [-0.2, -0.15) is 0 Å². The fourth-order valence-corrected chi connectivity index (χ4v) is 2.79. The number of nitrogens with zero attached hydrogens (tertiary/aromatic N) is 3. The molecule has 126 valence electrons. The number of rotatable bonds is 5. The van der Waals surface area contributed by atoms with Gasteiger partial charge in [0.2, 0.25) is 5.91 Å². The summed E-state index contributed by atoms with van der Waals surface area (Å²) in [5, 5.41) is 3.17. The quantitative estimate of drug-likeness (QED) is 0.907. The lowest BCUT2D eigenvalue weighted by atomic mass is 10.2. The van der Waals surface area contributed by atoms with Crippen molar-refractivity contribution in [3.8, 4) is 0 Å². The van der Waals surface area contributed by atoms with E-state index in [9.17, 15) is 9.18 Å². The van der Waals surface area contributed by atoms with Crippen molar-refractivity contribution < 1.29 is 9.18 Å². The summed E-state index contributed by atoms with van der Waals surface area (Å²) in [6.07, 6.45) is 3.49. The summed E-state index contributed by atoms with van der Waals surface area (Å²) >= 11 is 0. The highest BCUT2D eigenvalue weighted by atomic mass is 19.1. The normalized spacial score (nSPS) is 14.7. The second kappa shape index (κ2) is 7.88. The van der Waals surface area contributed by atoms with E-state index >= 15 is 0 Å². The fraction of sp³-hybridized carbons (Fsp3) is 0.333. The zero-order valence-corrected chi connectivity index (χ0v) is 13.5. The Morgan fingerprint density at radius 1 is 1.04 bits per heavy atom. The Kier molecular flexibility index (Phi) is 5.38. The van der Waals surface area contributed by atoms with Crippen LogP contribution >= 0.6 is 0 Å². The first-order valence-corrected chi connectivity index (χ1v) is 8.10. The Hall–Kier alpha value is -2.47. The van der Waals surface area contributed by atoms with Crippen LogP contribution in [0.15, 0.2) is 48.8 Å². The van der Waals surface area contributed by atoms with Gasteiger partial charge in [0.1, 0.15) is 5.82 Å². The topological polar surface area (TPSA) is 48.5 Å². The monoisotopic (exact) mass is 328 g/mol. The molecule has 3 rings (SSSR count). The van der Waals surface area contributed by atoms with Gasteiger partial charge < -0.3 is 15.1 Å². The molecule has 1 fully saturated rings. The van der Waals surface area contributed by atoms with Crippen molar-refractivity contribution >= 4 is 11.6 Å². The minimum Gasteiger partial charge on any atom is -0.368 e. The molecule has 6 heteroatoms. The Balaban J connectivity index is 1.42. The van der Waals surface area contributed by atoms with Gasteiger partial charge in [0.05, 0.1) is 6.54 Å². The van der Waals surface area contributed by atoms with Crippen LogP contribution < -0.4 is 10.2 Å². The van der Waals surface area contributed by atoms with E-state index < -0.39 is 0 Å². The number of piperazine rings is 1. The average molecular weight is 328 g/mol. The van der Waals surface area contributed by atoms with E-state index in [1.54, 1.807) is 24.5 Å². The molecule has 0 spiro atoms. The lowest BCUT2D eigenvalue weighted by Gasteiger charge is -2.36. The first-order chi connectivity index (χ1) is 11.7. The number of aromatic nitrogens is 1. The number of hydrogen-bond acceptors (Lipinski definition) is 4. The van der Waals surface area contributed by atoms with Gasteiger partial charge >= 0.3 is 0 Å². The van der Waals surface area contributed by atoms with Crippen molar-refractivity contribution in [3.05, 3.63) is 60.2 Å². The van der Waals surface area contributed by atoms with Crippen LogP contribution in [0.5, 0.6) is 0 Å². The van der Waals surface area contributed by atoms with Crippen molar-refractivity contribution in [3.63, 3.8) is 0 Å². The Bertz CT molecular complexity index is 654. The predicted octanol–water partition coefficient (Wildman–Crippen LogP) is 1.66. The van der Waals surface area contributed by atoms with Crippen LogP contribution in [-0.4, -0.2) is 48.5 Å². The minimum absolute atomic E-state index is 0.114. The molecule has 0 bridgehead atoms. The lowest BCUT2D eigenvalue weighted by molar-refractivity contribution is -0.130. The maximum absolute atomic E-state index is 13.0. The van der Waals surface area contributed by atoms with Crippen molar-refractivity contribution in [1.82, 2.24) is 15.2 Å². The molecule has 1 N–H and O–H groups in total. The third-order valence-electron chi connectivity index (χ3n) is 4.18. The van der Waals surface area contributed by atoms with E-state index in [0.717, 1.165) is 24.3 Å². The molecule has 0 atom stereocenters.